The molecule has 1 aliphatic rings. The first-order chi connectivity index (χ1) is 10.0. The Bertz CT molecular complexity index is 734. The van der Waals surface area contributed by atoms with E-state index in [2.05, 4.69) is 13.0 Å². The number of hydrogen-bond donors (Lipinski definition) is 1. The summed E-state index contributed by atoms with van der Waals surface area (Å²) >= 11 is 0. The number of carbonyl (C=O) groups is 1. The van der Waals surface area contributed by atoms with Gasteiger partial charge < -0.3 is 5.11 Å². The SMILES string of the molecule is CCC1CCCc2c1nc1c(C)cc(C)cc1c2C(=O)O. The number of rotatable bonds is 2. The Labute approximate surface area is 125 Å². The van der Waals surface area contributed by atoms with E-state index in [0.29, 0.717) is 11.5 Å². The monoisotopic (exact) mass is 283 g/mol. The molecule has 110 valence electrons. The number of carboxylic acid groups (broad SMARTS) is 1. The molecule has 1 atom stereocenters. The molecule has 0 fully saturated rings. The molecule has 1 aromatic carbocycles. The third kappa shape index (κ3) is 2.21. The normalized spacial score (nSPS) is 17.8. The van der Waals surface area contributed by atoms with E-state index in [1.807, 2.05) is 19.9 Å². The maximum absolute atomic E-state index is 11.9. The molecule has 2 aromatic rings. The Hall–Kier alpha value is -1.90. The van der Waals surface area contributed by atoms with Crippen molar-refractivity contribution < 1.29 is 9.90 Å². The topological polar surface area (TPSA) is 50.2 Å². The van der Waals surface area contributed by atoms with Gasteiger partial charge in [0.15, 0.2) is 0 Å². The van der Waals surface area contributed by atoms with Crippen LogP contribution < -0.4 is 0 Å². The summed E-state index contributed by atoms with van der Waals surface area (Å²) < 4.78 is 0. The van der Waals surface area contributed by atoms with Crippen LogP contribution in [0.5, 0.6) is 0 Å². The van der Waals surface area contributed by atoms with Crippen molar-refractivity contribution in [1.82, 2.24) is 4.98 Å². The highest BCUT2D eigenvalue weighted by Gasteiger charge is 2.27. The number of hydrogen-bond acceptors (Lipinski definition) is 2. The van der Waals surface area contributed by atoms with Crippen LogP contribution in [0.2, 0.25) is 0 Å². The Morgan fingerprint density at radius 1 is 1.38 bits per heavy atom. The maximum Gasteiger partial charge on any atom is 0.336 e. The van der Waals surface area contributed by atoms with E-state index in [-0.39, 0.29) is 0 Å². The zero-order valence-corrected chi connectivity index (χ0v) is 12.9. The molecule has 3 nitrogen and oxygen atoms in total. The second-order valence-electron chi connectivity index (χ2n) is 6.13. The van der Waals surface area contributed by atoms with Crippen molar-refractivity contribution in [3.8, 4) is 0 Å². The van der Waals surface area contributed by atoms with Crippen molar-refractivity contribution in [2.75, 3.05) is 0 Å². The number of nitrogens with zero attached hydrogens (tertiary/aromatic N) is 1. The summed E-state index contributed by atoms with van der Waals surface area (Å²) in [5.74, 6) is -0.419. The van der Waals surface area contributed by atoms with Gasteiger partial charge in [0.2, 0.25) is 0 Å². The first-order valence-electron chi connectivity index (χ1n) is 7.70. The zero-order valence-electron chi connectivity index (χ0n) is 12.9. The van der Waals surface area contributed by atoms with Crippen LogP contribution in [-0.4, -0.2) is 16.1 Å². The lowest BCUT2D eigenvalue weighted by Gasteiger charge is -2.26. The van der Waals surface area contributed by atoms with Crippen LogP contribution in [0.1, 0.15) is 64.8 Å². The number of pyridine rings is 1. The number of aromatic nitrogens is 1. The van der Waals surface area contributed by atoms with Gasteiger partial charge in [0, 0.05) is 17.0 Å². The zero-order chi connectivity index (χ0) is 15.1. The highest BCUT2D eigenvalue weighted by molar-refractivity contribution is 6.05. The molecule has 21 heavy (non-hydrogen) atoms. The van der Waals surface area contributed by atoms with E-state index in [4.69, 9.17) is 4.98 Å². The van der Waals surface area contributed by atoms with E-state index in [9.17, 15) is 9.90 Å². The van der Waals surface area contributed by atoms with Gasteiger partial charge in [-0.05, 0) is 56.7 Å². The van der Waals surface area contributed by atoms with E-state index < -0.39 is 5.97 Å². The summed E-state index contributed by atoms with van der Waals surface area (Å²) in [4.78, 5) is 16.8. The molecule has 3 heteroatoms. The lowest BCUT2D eigenvalue weighted by molar-refractivity contribution is 0.0697. The van der Waals surface area contributed by atoms with Crippen LogP contribution in [0.15, 0.2) is 12.1 Å². The standard InChI is InChI=1S/C18H21NO2/c1-4-12-6-5-7-13-15(18(20)21)14-9-10(2)8-11(3)16(14)19-17(12)13/h8-9,12H,4-7H2,1-3H3,(H,20,21). The van der Waals surface area contributed by atoms with Gasteiger partial charge in [0.1, 0.15) is 0 Å². The van der Waals surface area contributed by atoms with Crippen molar-refractivity contribution in [2.45, 2.75) is 52.4 Å². The van der Waals surface area contributed by atoms with Crippen LogP contribution in [0.4, 0.5) is 0 Å². The van der Waals surface area contributed by atoms with Crippen molar-refractivity contribution >= 4 is 16.9 Å². The smallest absolute Gasteiger partial charge is 0.336 e. The molecule has 0 saturated heterocycles. The van der Waals surface area contributed by atoms with Crippen LogP contribution in [0.3, 0.4) is 0 Å². The summed E-state index contributed by atoms with van der Waals surface area (Å²) in [5, 5.41) is 10.6. The minimum Gasteiger partial charge on any atom is -0.478 e. The fraction of sp³-hybridized carbons (Fsp3) is 0.444. The van der Waals surface area contributed by atoms with Crippen molar-refractivity contribution in [3.05, 3.63) is 40.1 Å². The van der Waals surface area contributed by atoms with E-state index >= 15 is 0 Å². The van der Waals surface area contributed by atoms with E-state index in [1.165, 1.54) is 0 Å². The Morgan fingerprint density at radius 2 is 2.14 bits per heavy atom. The van der Waals surface area contributed by atoms with Gasteiger partial charge in [0.25, 0.3) is 0 Å². The Morgan fingerprint density at radius 3 is 2.81 bits per heavy atom. The minimum absolute atomic E-state index is 0.400. The first kappa shape index (κ1) is 14.1. The van der Waals surface area contributed by atoms with Gasteiger partial charge in [0.05, 0.1) is 11.1 Å². The molecule has 1 unspecified atom stereocenters. The molecule has 1 aliphatic carbocycles. The number of fused-ring (bicyclic) bond motifs is 2. The van der Waals surface area contributed by atoms with Crippen molar-refractivity contribution in [1.29, 1.82) is 0 Å². The van der Waals surface area contributed by atoms with Gasteiger partial charge in [-0.2, -0.15) is 0 Å². The third-order valence-electron chi connectivity index (χ3n) is 4.63. The van der Waals surface area contributed by atoms with Gasteiger partial charge in [-0.25, -0.2) is 4.79 Å². The molecule has 0 radical (unpaired) electrons. The molecular formula is C18H21NO2. The van der Waals surface area contributed by atoms with Crippen LogP contribution in [-0.2, 0) is 6.42 Å². The first-order valence-corrected chi connectivity index (χ1v) is 7.70. The van der Waals surface area contributed by atoms with Gasteiger partial charge in [-0.1, -0.05) is 18.6 Å². The van der Waals surface area contributed by atoms with Gasteiger partial charge in [-0.15, -0.1) is 0 Å². The molecule has 0 spiro atoms. The predicted octanol–water partition coefficient (Wildman–Crippen LogP) is 4.38. The van der Waals surface area contributed by atoms with E-state index in [0.717, 1.165) is 59.0 Å². The maximum atomic E-state index is 11.9. The fourth-order valence-corrected chi connectivity index (χ4v) is 3.67. The number of benzene rings is 1. The molecule has 0 bridgehead atoms. The minimum atomic E-state index is -0.819. The summed E-state index contributed by atoms with van der Waals surface area (Å²) in [6.45, 7) is 6.19. The average Bonchev–Trinajstić information content (AvgIpc) is 2.44. The summed E-state index contributed by atoms with van der Waals surface area (Å²) in [5.41, 5.74) is 5.50. The predicted molar refractivity (Wildman–Crippen MR) is 84.1 cm³/mol. The molecule has 0 saturated carbocycles. The van der Waals surface area contributed by atoms with Crippen LogP contribution in [0.25, 0.3) is 10.9 Å². The second kappa shape index (κ2) is 5.14. The second-order valence-corrected chi connectivity index (χ2v) is 6.13. The van der Waals surface area contributed by atoms with Gasteiger partial charge in [-0.3, -0.25) is 4.98 Å². The Balaban J connectivity index is 2.43. The highest BCUT2D eigenvalue weighted by atomic mass is 16.4. The van der Waals surface area contributed by atoms with Crippen molar-refractivity contribution in [2.24, 2.45) is 0 Å². The van der Waals surface area contributed by atoms with Gasteiger partial charge >= 0.3 is 5.97 Å². The highest BCUT2D eigenvalue weighted by Crippen LogP contribution is 2.38. The van der Waals surface area contributed by atoms with Crippen LogP contribution >= 0.6 is 0 Å². The lowest BCUT2D eigenvalue weighted by atomic mass is 9.81. The fourth-order valence-electron chi connectivity index (χ4n) is 3.67. The molecule has 0 amide bonds. The average molecular weight is 283 g/mol. The molecule has 1 N–H and O–H groups in total. The number of aromatic carboxylic acids is 1. The summed E-state index contributed by atoms with van der Waals surface area (Å²) in [6, 6.07) is 4.05. The van der Waals surface area contributed by atoms with Crippen LogP contribution in [0, 0.1) is 13.8 Å². The lowest BCUT2D eigenvalue weighted by Crippen LogP contribution is -2.17. The van der Waals surface area contributed by atoms with E-state index in [1.54, 1.807) is 0 Å². The quantitative estimate of drug-likeness (QED) is 0.889. The Kier molecular flexibility index (Phi) is 3.44. The molecule has 1 aromatic heterocycles. The van der Waals surface area contributed by atoms with Crippen molar-refractivity contribution in [3.63, 3.8) is 0 Å². The largest absolute Gasteiger partial charge is 0.478 e. The molecular weight excluding hydrogens is 262 g/mol. The summed E-state index contributed by atoms with van der Waals surface area (Å²) in [7, 11) is 0. The number of aryl methyl sites for hydroxylation is 2. The molecule has 1 heterocycles. The molecule has 0 aliphatic heterocycles. The third-order valence-corrected chi connectivity index (χ3v) is 4.63. The number of carboxylic acids is 1. The summed E-state index contributed by atoms with van der Waals surface area (Å²) in [6.07, 6.45) is 4.04. The molecule has 3 rings (SSSR count).